The molecule has 1 fully saturated rings. The number of carboxylic acids is 1. The van der Waals surface area contributed by atoms with Gasteiger partial charge < -0.3 is 14.6 Å². The third-order valence-electron chi connectivity index (χ3n) is 4.40. The maximum Gasteiger partial charge on any atom is 0.335 e. The molecule has 2 amide bonds. The zero-order valence-electron chi connectivity index (χ0n) is 16.9. The number of halogens is 1. The van der Waals surface area contributed by atoms with Crippen molar-refractivity contribution in [3.8, 4) is 11.5 Å². The lowest BCUT2D eigenvalue weighted by Crippen LogP contribution is -2.27. The van der Waals surface area contributed by atoms with Crippen molar-refractivity contribution in [1.82, 2.24) is 4.90 Å². The number of imide groups is 1. The molecule has 0 bridgehead atoms. The molecule has 9 heteroatoms. The number of benzene rings is 2. The second kappa shape index (κ2) is 10.2. The molecule has 1 N–H and O–H groups in total. The smallest absolute Gasteiger partial charge is 0.335 e. The van der Waals surface area contributed by atoms with Crippen LogP contribution in [0, 0.1) is 3.57 Å². The minimum Gasteiger partial charge on any atom is -0.490 e. The molecule has 31 heavy (non-hydrogen) atoms. The molecule has 0 aromatic heterocycles. The predicted octanol–water partition coefficient (Wildman–Crippen LogP) is 5.02. The monoisotopic (exact) mass is 553 g/mol. The van der Waals surface area contributed by atoms with E-state index in [0.29, 0.717) is 29.6 Å². The van der Waals surface area contributed by atoms with Crippen LogP contribution in [0.4, 0.5) is 4.79 Å². The fourth-order valence-corrected chi connectivity index (χ4v) is 4.58. The van der Waals surface area contributed by atoms with E-state index in [0.717, 1.165) is 26.5 Å². The Morgan fingerprint density at radius 1 is 1.16 bits per heavy atom. The van der Waals surface area contributed by atoms with Crippen molar-refractivity contribution in [1.29, 1.82) is 0 Å². The molecular formula is C22H20INO6S. The minimum absolute atomic E-state index is 0.213. The lowest BCUT2D eigenvalue weighted by molar-refractivity contribution is -0.122. The highest BCUT2D eigenvalue weighted by atomic mass is 127. The predicted molar refractivity (Wildman–Crippen MR) is 126 cm³/mol. The highest BCUT2D eigenvalue weighted by molar-refractivity contribution is 14.1. The van der Waals surface area contributed by atoms with Crippen LogP contribution in [0.5, 0.6) is 11.5 Å². The Morgan fingerprint density at radius 2 is 1.87 bits per heavy atom. The quantitative estimate of drug-likeness (QED) is 0.363. The van der Waals surface area contributed by atoms with Gasteiger partial charge in [-0.1, -0.05) is 12.1 Å². The summed E-state index contributed by atoms with van der Waals surface area (Å²) in [5, 5.41) is 8.73. The van der Waals surface area contributed by atoms with Gasteiger partial charge in [-0.05, 0) is 89.7 Å². The van der Waals surface area contributed by atoms with Crippen LogP contribution in [0.2, 0.25) is 0 Å². The summed E-state index contributed by atoms with van der Waals surface area (Å²) in [6.07, 6.45) is 1.68. The summed E-state index contributed by atoms with van der Waals surface area (Å²) in [4.78, 5) is 36.9. The summed E-state index contributed by atoms with van der Waals surface area (Å²) >= 11 is 3.06. The van der Waals surface area contributed by atoms with E-state index in [1.807, 2.05) is 13.0 Å². The molecule has 2 aromatic carbocycles. The van der Waals surface area contributed by atoms with Crippen LogP contribution < -0.4 is 9.47 Å². The number of ether oxygens (including phenoxy) is 2. The highest BCUT2D eigenvalue weighted by Gasteiger charge is 2.33. The van der Waals surface area contributed by atoms with Gasteiger partial charge in [-0.25, -0.2) is 4.79 Å². The van der Waals surface area contributed by atoms with Crippen LogP contribution in [0.15, 0.2) is 41.3 Å². The van der Waals surface area contributed by atoms with Crippen molar-refractivity contribution in [2.45, 2.75) is 20.5 Å². The molecule has 0 aliphatic carbocycles. The van der Waals surface area contributed by atoms with Gasteiger partial charge in [-0.3, -0.25) is 14.5 Å². The van der Waals surface area contributed by atoms with E-state index in [2.05, 4.69) is 22.6 Å². The molecule has 1 heterocycles. The Hall–Kier alpha value is -2.53. The molecule has 7 nitrogen and oxygen atoms in total. The first-order valence-electron chi connectivity index (χ1n) is 9.50. The van der Waals surface area contributed by atoms with E-state index < -0.39 is 5.97 Å². The summed E-state index contributed by atoms with van der Waals surface area (Å²) in [6.45, 7) is 4.63. The summed E-state index contributed by atoms with van der Waals surface area (Å²) in [5.74, 6) is -0.190. The van der Waals surface area contributed by atoms with Crippen LogP contribution in [0.25, 0.3) is 6.08 Å². The normalized spacial score (nSPS) is 14.9. The molecule has 3 rings (SSSR count). The van der Waals surface area contributed by atoms with Gasteiger partial charge in [0.15, 0.2) is 11.5 Å². The van der Waals surface area contributed by atoms with Crippen molar-refractivity contribution in [3.05, 3.63) is 61.6 Å². The Kier molecular flexibility index (Phi) is 7.60. The number of carboxylic acid groups (broad SMARTS) is 1. The van der Waals surface area contributed by atoms with Crippen LogP contribution in [0.3, 0.4) is 0 Å². The maximum absolute atomic E-state index is 12.4. The van der Waals surface area contributed by atoms with Crippen LogP contribution >= 0.6 is 34.4 Å². The fourth-order valence-electron chi connectivity index (χ4n) is 2.90. The zero-order valence-corrected chi connectivity index (χ0v) is 19.9. The number of carbonyl (C=O) groups is 3. The van der Waals surface area contributed by atoms with E-state index in [1.54, 1.807) is 31.2 Å². The van der Waals surface area contributed by atoms with E-state index in [4.69, 9.17) is 14.6 Å². The molecule has 0 atom stereocenters. The number of likely N-dealkylation sites (N-methyl/N-ethyl adjacent to an activating group) is 1. The van der Waals surface area contributed by atoms with Crippen LogP contribution in [-0.4, -0.2) is 40.3 Å². The Balaban J connectivity index is 1.83. The van der Waals surface area contributed by atoms with Gasteiger partial charge in [0, 0.05) is 6.54 Å². The van der Waals surface area contributed by atoms with Crippen molar-refractivity contribution >= 4 is 57.5 Å². The number of aromatic carboxylic acids is 1. The van der Waals surface area contributed by atoms with Crippen molar-refractivity contribution in [2.24, 2.45) is 0 Å². The third kappa shape index (κ3) is 5.40. The van der Waals surface area contributed by atoms with Gasteiger partial charge in [0.25, 0.3) is 11.1 Å². The molecule has 0 unspecified atom stereocenters. The van der Waals surface area contributed by atoms with Gasteiger partial charge >= 0.3 is 5.97 Å². The van der Waals surface area contributed by atoms with Gasteiger partial charge in [-0.15, -0.1) is 0 Å². The van der Waals surface area contributed by atoms with E-state index in [1.165, 1.54) is 17.0 Å². The molecule has 1 aliphatic rings. The topological polar surface area (TPSA) is 93.1 Å². The number of carbonyl (C=O) groups excluding carboxylic acids is 2. The standard InChI is InChI=1S/C22H20INO6S/c1-3-24-20(25)18(31-22(24)28)11-14-9-16(23)19(17(10-14)29-4-2)30-12-13-5-7-15(8-6-13)21(26)27/h5-11H,3-4,12H2,1-2H3,(H,26,27)/b18-11+. The highest BCUT2D eigenvalue weighted by Crippen LogP contribution is 2.37. The molecule has 2 aromatic rings. The number of thioether (sulfide) groups is 1. The van der Waals surface area contributed by atoms with Gasteiger partial charge in [0.2, 0.25) is 0 Å². The van der Waals surface area contributed by atoms with E-state index >= 15 is 0 Å². The Morgan fingerprint density at radius 3 is 2.45 bits per heavy atom. The van der Waals surface area contributed by atoms with Crippen molar-refractivity contribution < 1.29 is 29.0 Å². The lowest BCUT2D eigenvalue weighted by atomic mass is 10.1. The molecule has 1 aliphatic heterocycles. The van der Waals surface area contributed by atoms with Crippen LogP contribution in [0.1, 0.15) is 35.3 Å². The van der Waals surface area contributed by atoms with Crippen LogP contribution in [-0.2, 0) is 11.4 Å². The average Bonchev–Trinajstić information content (AvgIpc) is 3.00. The number of amides is 2. The first kappa shape index (κ1) is 23.1. The molecule has 1 saturated heterocycles. The first-order valence-corrected chi connectivity index (χ1v) is 11.4. The van der Waals surface area contributed by atoms with Gasteiger partial charge in [0.05, 0.1) is 20.6 Å². The summed E-state index contributed by atoms with van der Waals surface area (Å²) in [6, 6.07) is 10.1. The molecular weight excluding hydrogens is 533 g/mol. The Labute approximate surface area is 197 Å². The summed E-state index contributed by atoms with van der Waals surface area (Å²) in [7, 11) is 0. The summed E-state index contributed by atoms with van der Waals surface area (Å²) in [5.41, 5.74) is 1.76. The maximum atomic E-state index is 12.4. The van der Waals surface area contributed by atoms with Gasteiger partial charge in [0.1, 0.15) is 6.61 Å². The fraction of sp³-hybridized carbons (Fsp3) is 0.227. The van der Waals surface area contributed by atoms with Crippen molar-refractivity contribution in [3.63, 3.8) is 0 Å². The SMILES string of the molecule is CCOc1cc(/C=C2/SC(=O)N(CC)C2=O)cc(I)c1OCc1ccc(C(=O)O)cc1. The number of hydrogen-bond acceptors (Lipinski definition) is 6. The largest absolute Gasteiger partial charge is 0.490 e. The van der Waals surface area contributed by atoms with E-state index in [9.17, 15) is 14.4 Å². The lowest BCUT2D eigenvalue weighted by Gasteiger charge is -2.15. The molecule has 0 spiro atoms. The van der Waals surface area contributed by atoms with E-state index in [-0.39, 0.29) is 23.3 Å². The summed E-state index contributed by atoms with van der Waals surface area (Å²) < 4.78 is 12.5. The first-order chi connectivity index (χ1) is 14.8. The third-order valence-corrected chi connectivity index (χ3v) is 6.11. The Bertz CT molecular complexity index is 1050. The molecule has 0 saturated carbocycles. The average molecular weight is 553 g/mol. The molecule has 0 radical (unpaired) electrons. The van der Waals surface area contributed by atoms with Gasteiger partial charge in [-0.2, -0.15) is 0 Å². The van der Waals surface area contributed by atoms with Crippen molar-refractivity contribution in [2.75, 3.05) is 13.2 Å². The second-order valence-electron chi connectivity index (χ2n) is 6.48. The molecule has 162 valence electrons. The number of nitrogens with zero attached hydrogens (tertiary/aromatic N) is 1. The number of hydrogen-bond donors (Lipinski definition) is 1. The minimum atomic E-state index is -0.979. The second-order valence-corrected chi connectivity index (χ2v) is 8.64. The number of rotatable bonds is 8. The zero-order chi connectivity index (χ0) is 22.5.